The lowest BCUT2D eigenvalue weighted by Gasteiger charge is -2.29. The maximum atomic E-state index is 13.9. The Kier molecular flexibility index (Phi) is 6.99. The van der Waals surface area contributed by atoms with E-state index in [1.54, 1.807) is 0 Å². The summed E-state index contributed by atoms with van der Waals surface area (Å²) in [7, 11) is 0. The Morgan fingerprint density at radius 3 is 2.20 bits per heavy atom. The summed E-state index contributed by atoms with van der Waals surface area (Å²) in [6.07, 6.45) is 1.10. The van der Waals surface area contributed by atoms with Crippen molar-refractivity contribution in [2.24, 2.45) is 5.92 Å². The minimum atomic E-state index is -1.45. The van der Waals surface area contributed by atoms with Crippen molar-refractivity contribution in [3.05, 3.63) is 107 Å². The van der Waals surface area contributed by atoms with E-state index in [0.717, 1.165) is 23.1 Å². The van der Waals surface area contributed by atoms with Crippen molar-refractivity contribution in [3.63, 3.8) is 0 Å². The summed E-state index contributed by atoms with van der Waals surface area (Å²) in [5, 5.41) is 0. The third-order valence-electron chi connectivity index (χ3n) is 6.55. The number of fused-ring (bicyclic) bond motifs is 1. The van der Waals surface area contributed by atoms with E-state index in [9.17, 15) is 9.35 Å². The lowest BCUT2D eigenvalue weighted by Crippen LogP contribution is -2.36. The maximum Gasteiger partial charge on any atom is 0.327 e. The van der Waals surface area contributed by atoms with E-state index in [0.29, 0.717) is 21.5 Å². The number of ether oxygens (including phenoxy) is 1. The summed E-state index contributed by atoms with van der Waals surface area (Å²) in [5.74, 6) is 0.764. The second-order valence-electron chi connectivity index (χ2n) is 10.8. The Hall–Kier alpha value is -2.82. The average Bonchev–Trinajstić information content (AvgIpc) is 3.10. The molecule has 3 nitrogen and oxygen atoms in total. The number of carbonyl (C=O) groups excluding carboxylic acids is 1. The largest absolute Gasteiger partial charge is 0.607 e. The first-order chi connectivity index (χ1) is 16.5. The predicted octanol–water partition coefficient (Wildman–Crippen LogP) is 7.10. The van der Waals surface area contributed by atoms with Gasteiger partial charge >= 0.3 is 5.97 Å². The van der Waals surface area contributed by atoms with Gasteiger partial charge in [0.1, 0.15) is 16.1 Å². The van der Waals surface area contributed by atoms with Crippen molar-refractivity contribution in [1.82, 2.24) is 0 Å². The van der Waals surface area contributed by atoms with Crippen molar-refractivity contribution in [2.75, 3.05) is 0 Å². The molecule has 3 aromatic carbocycles. The van der Waals surface area contributed by atoms with Gasteiger partial charge in [0.15, 0.2) is 4.90 Å². The topological polar surface area (TPSA) is 49.4 Å². The Labute approximate surface area is 212 Å². The van der Waals surface area contributed by atoms with Gasteiger partial charge in [0.25, 0.3) is 0 Å². The highest BCUT2D eigenvalue weighted by atomic mass is 32.2. The fourth-order valence-electron chi connectivity index (χ4n) is 4.89. The monoisotopic (exact) mass is 486 g/mol. The molecule has 4 rings (SSSR count). The van der Waals surface area contributed by atoms with Gasteiger partial charge in [-0.15, -0.1) is 0 Å². The molecule has 182 valence electrons. The minimum absolute atomic E-state index is 0.207. The summed E-state index contributed by atoms with van der Waals surface area (Å²) in [5.41, 5.74) is 2.56. The van der Waals surface area contributed by atoms with Crippen LogP contribution in [0.2, 0.25) is 0 Å². The fourth-order valence-corrected chi connectivity index (χ4v) is 5.97. The molecule has 0 aromatic heterocycles. The third-order valence-corrected chi connectivity index (χ3v) is 7.92. The van der Waals surface area contributed by atoms with Crippen LogP contribution >= 0.6 is 0 Å². The van der Waals surface area contributed by atoms with Gasteiger partial charge in [-0.05, 0) is 47.6 Å². The summed E-state index contributed by atoms with van der Waals surface area (Å²) < 4.78 is 19.5. The molecular formula is C31H34O3S. The van der Waals surface area contributed by atoms with E-state index in [4.69, 9.17) is 4.74 Å². The first-order valence-electron chi connectivity index (χ1n) is 12.1. The average molecular weight is 487 g/mol. The molecule has 0 bridgehead atoms. The SMILES string of the molecule is C=C(CC1(c2ccccc2)C(=O)Oc2c(C(C)(C)C)cc(CC(C)C)cc21)[S+]([O-])c1ccccc1. The first kappa shape index (κ1) is 25.3. The molecule has 2 atom stereocenters. The van der Waals surface area contributed by atoms with Crippen LogP contribution in [0.15, 0.2) is 89.2 Å². The van der Waals surface area contributed by atoms with Gasteiger partial charge in [-0.3, -0.25) is 4.79 Å². The van der Waals surface area contributed by atoms with Crippen LogP contribution in [0.1, 0.15) is 63.3 Å². The van der Waals surface area contributed by atoms with Crippen LogP contribution in [-0.2, 0) is 33.2 Å². The molecule has 0 amide bonds. The Morgan fingerprint density at radius 1 is 1.03 bits per heavy atom. The lowest BCUT2D eigenvalue weighted by atomic mass is 9.71. The van der Waals surface area contributed by atoms with E-state index < -0.39 is 16.6 Å². The van der Waals surface area contributed by atoms with Gasteiger partial charge in [0.2, 0.25) is 0 Å². The second-order valence-corrected chi connectivity index (χ2v) is 12.4. The molecule has 0 N–H and O–H groups in total. The number of esters is 1. The lowest BCUT2D eigenvalue weighted by molar-refractivity contribution is -0.136. The summed E-state index contributed by atoms with van der Waals surface area (Å²) in [4.78, 5) is 15.1. The van der Waals surface area contributed by atoms with Gasteiger partial charge in [0, 0.05) is 28.7 Å². The molecule has 4 heteroatoms. The van der Waals surface area contributed by atoms with Crippen molar-refractivity contribution in [2.45, 2.75) is 63.2 Å². The van der Waals surface area contributed by atoms with Gasteiger partial charge < -0.3 is 9.29 Å². The molecule has 0 saturated carbocycles. The zero-order valence-electron chi connectivity index (χ0n) is 21.3. The smallest absolute Gasteiger partial charge is 0.327 e. The second kappa shape index (κ2) is 9.67. The quantitative estimate of drug-likeness (QED) is 0.203. The first-order valence-corrected chi connectivity index (χ1v) is 13.3. The maximum absolute atomic E-state index is 13.9. The van der Waals surface area contributed by atoms with Crippen molar-refractivity contribution < 1.29 is 14.1 Å². The van der Waals surface area contributed by atoms with E-state index in [2.05, 4.69) is 53.3 Å². The molecule has 35 heavy (non-hydrogen) atoms. The molecule has 0 aliphatic carbocycles. The summed E-state index contributed by atoms with van der Waals surface area (Å²) in [6, 6.07) is 23.3. The molecule has 1 aliphatic heterocycles. The summed E-state index contributed by atoms with van der Waals surface area (Å²) in [6.45, 7) is 15.0. The summed E-state index contributed by atoms with van der Waals surface area (Å²) >= 11 is -1.45. The molecular weight excluding hydrogens is 452 g/mol. The van der Waals surface area contributed by atoms with Gasteiger partial charge in [-0.25, -0.2) is 0 Å². The van der Waals surface area contributed by atoms with Crippen LogP contribution < -0.4 is 4.74 Å². The number of benzene rings is 3. The van der Waals surface area contributed by atoms with Crippen LogP contribution in [0.25, 0.3) is 0 Å². The molecule has 0 spiro atoms. The number of carbonyl (C=O) groups is 1. The van der Waals surface area contributed by atoms with Crippen LogP contribution in [0, 0.1) is 5.92 Å². The van der Waals surface area contributed by atoms with E-state index in [1.807, 2.05) is 60.7 Å². The molecule has 1 heterocycles. The highest BCUT2D eigenvalue weighted by molar-refractivity contribution is 7.95. The Balaban J connectivity index is 1.92. The number of hydrogen-bond acceptors (Lipinski definition) is 3. The van der Waals surface area contributed by atoms with E-state index >= 15 is 0 Å². The van der Waals surface area contributed by atoms with Gasteiger partial charge in [-0.2, -0.15) is 0 Å². The third kappa shape index (κ3) is 4.82. The van der Waals surface area contributed by atoms with Crippen LogP contribution in [-0.4, -0.2) is 10.5 Å². The normalized spacial score (nSPS) is 18.3. The van der Waals surface area contributed by atoms with E-state index in [-0.39, 0.29) is 17.8 Å². The molecule has 0 radical (unpaired) electrons. The van der Waals surface area contributed by atoms with Crippen molar-refractivity contribution in [3.8, 4) is 5.75 Å². The van der Waals surface area contributed by atoms with Gasteiger partial charge in [0.05, 0.1) is 0 Å². The van der Waals surface area contributed by atoms with Crippen LogP contribution in [0.3, 0.4) is 0 Å². The molecule has 0 saturated heterocycles. The van der Waals surface area contributed by atoms with Gasteiger partial charge in [-0.1, -0.05) is 95.3 Å². The zero-order valence-corrected chi connectivity index (χ0v) is 22.1. The molecule has 3 aromatic rings. The van der Waals surface area contributed by atoms with E-state index in [1.165, 1.54) is 5.56 Å². The number of hydrogen-bond donors (Lipinski definition) is 0. The zero-order chi connectivity index (χ0) is 25.4. The number of rotatable bonds is 7. The Bertz CT molecular complexity index is 1230. The highest BCUT2D eigenvalue weighted by Gasteiger charge is 2.53. The minimum Gasteiger partial charge on any atom is -0.607 e. The van der Waals surface area contributed by atoms with Crippen LogP contribution in [0.4, 0.5) is 0 Å². The van der Waals surface area contributed by atoms with Crippen molar-refractivity contribution >= 4 is 17.1 Å². The van der Waals surface area contributed by atoms with Crippen LogP contribution in [0.5, 0.6) is 5.75 Å². The Morgan fingerprint density at radius 2 is 1.63 bits per heavy atom. The molecule has 0 fully saturated rings. The highest BCUT2D eigenvalue weighted by Crippen LogP contribution is 2.52. The number of allylic oxidation sites excluding steroid dienone is 1. The molecule has 1 aliphatic rings. The molecule has 2 unspecified atom stereocenters. The standard InChI is InChI=1S/C31H34O3S/c1-21(2)17-23-18-26(30(4,5)6)28-27(19-23)31(29(32)34-28,24-13-9-7-10-14-24)20-22(3)35(33)25-15-11-8-12-16-25/h7-16,18-19,21H,3,17,20H2,1-2,4-6H3. The fraction of sp³-hybridized carbons (Fsp3) is 0.323. The van der Waals surface area contributed by atoms with Crippen molar-refractivity contribution in [1.29, 1.82) is 0 Å². The predicted molar refractivity (Wildman–Crippen MR) is 143 cm³/mol.